The molecule has 0 amide bonds. The quantitative estimate of drug-likeness (QED) is 0.895. The molecule has 1 aromatic rings. The Bertz CT molecular complexity index is 319. The van der Waals surface area contributed by atoms with E-state index in [0.29, 0.717) is 10.2 Å². The van der Waals surface area contributed by atoms with E-state index < -0.39 is 0 Å². The predicted octanol–water partition coefficient (Wildman–Crippen LogP) is 2.72. The van der Waals surface area contributed by atoms with Crippen molar-refractivity contribution in [1.29, 1.82) is 0 Å². The Morgan fingerprint density at radius 2 is 2.33 bits per heavy atom. The second-order valence-electron chi connectivity index (χ2n) is 3.64. The highest BCUT2D eigenvalue weighted by molar-refractivity contribution is 9.10. The number of para-hydroxylation sites is 1. The molecule has 82 valence electrons. The molecular formula is C11H13BrFNO. The highest BCUT2D eigenvalue weighted by Crippen LogP contribution is 2.29. The fraction of sp³-hybridized carbons (Fsp3) is 0.455. The molecule has 1 aliphatic rings. The van der Waals surface area contributed by atoms with Gasteiger partial charge in [0.25, 0.3) is 0 Å². The van der Waals surface area contributed by atoms with E-state index in [0.717, 1.165) is 25.9 Å². The molecule has 1 N–H and O–H groups in total. The summed E-state index contributed by atoms with van der Waals surface area (Å²) in [6.45, 7) is 1.82. The topological polar surface area (TPSA) is 21.3 Å². The van der Waals surface area contributed by atoms with Crippen LogP contribution in [0.1, 0.15) is 12.8 Å². The van der Waals surface area contributed by atoms with Crippen molar-refractivity contribution in [3.05, 3.63) is 28.5 Å². The lowest BCUT2D eigenvalue weighted by atomic mass is 10.1. The van der Waals surface area contributed by atoms with Gasteiger partial charge in [0, 0.05) is 6.54 Å². The van der Waals surface area contributed by atoms with Crippen LogP contribution < -0.4 is 10.1 Å². The number of hydrogen-bond donors (Lipinski definition) is 1. The zero-order chi connectivity index (χ0) is 10.7. The molecule has 1 heterocycles. The summed E-state index contributed by atoms with van der Waals surface area (Å²) in [7, 11) is 0. The minimum Gasteiger partial charge on any atom is -0.485 e. The SMILES string of the molecule is Fc1cccc(Br)c1OC1CCCNC1. The molecule has 0 saturated carbocycles. The average molecular weight is 274 g/mol. The van der Waals surface area contributed by atoms with Crippen molar-refractivity contribution in [1.82, 2.24) is 5.32 Å². The Kier molecular flexibility index (Phi) is 3.59. The van der Waals surface area contributed by atoms with Gasteiger partial charge in [0.2, 0.25) is 0 Å². The predicted molar refractivity (Wildman–Crippen MR) is 60.6 cm³/mol. The number of hydrogen-bond acceptors (Lipinski definition) is 2. The maximum Gasteiger partial charge on any atom is 0.169 e. The van der Waals surface area contributed by atoms with Gasteiger partial charge < -0.3 is 10.1 Å². The van der Waals surface area contributed by atoms with Crippen LogP contribution in [0.15, 0.2) is 22.7 Å². The molecule has 0 radical (unpaired) electrons. The highest BCUT2D eigenvalue weighted by Gasteiger charge is 2.17. The van der Waals surface area contributed by atoms with Crippen molar-refractivity contribution >= 4 is 15.9 Å². The molecule has 1 atom stereocenters. The molecule has 0 spiro atoms. The number of rotatable bonds is 2. The van der Waals surface area contributed by atoms with Gasteiger partial charge in [0.05, 0.1) is 4.47 Å². The summed E-state index contributed by atoms with van der Waals surface area (Å²) < 4.78 is 19.7. The van der Waals surface area contributed by atoms with Gasteiger partial charge in [-0.15, -0.1) is 0 Å². The van der Waals surface area contributed by atoms with E-state index in [-0.39, 0.29) is 11.9 Å². The molecule has 0 bridgehead atoms. The monoisotopic (exact) mass is 273 g/mol. The first-order valence-corrected chi connectivity index (χ1v) is 5.88. The van der Waals surface area contributed by atoms with Crippen LogP contribution in [0.3, 0.4) is 0 Å². The van der Waals surface area contributed by atoms with E-state index in [9.17, 15) is 4.39 Å². The van der Waals surface area contributed by atoms with E-state index in [2.05, 4.69) is 21.2 Å². The van der Waals surface area contributed by atoms with Crippen molar-refractivity contribution in [2.24, 2.45) is 0 Å². The first-order chi connectivity index (χ1) is 7.27. The third-order valence-corrected chi connectivity index (χ3v) is 3.08. The summed E-state index contributed by atoms with van der Waals surface area (Å²) in [4.78, 5) is 0. The molecule has 1 saturated heterocycles. The molecule has 2 nitrogen and oxygen atoms in total. The second kappa shape index (κ2) is 4.94. The lowest BCUT2D eigenvalue weighted by Crippen LogP contribution is -2.37. The van der Waals surface area contributed by atoms with Gasteiger partial charge in [-0.2, -0.15) is 0 Å². The lowest BCUT2D eigenvalue weighted by Gasteiger charge is -2.24. The molecule has 0 aliphatic carbocycles. The molecule has 1 fully saturated rings. The normalized spacial score (nSPS) is 21.3. The van der Waals surface area contributed by atoms with Crippen molar-refractivity contribution in [3.8, 4) is 5.75 Å². The Morgan fingerprint density at radius 1 is 1.47 bits per heavy atom. The highest BCUT2D eigenvalue weighted by atomic mass is 79.9. The summed E-state index contributed by atoms with van der Waals surface area (Å²) in [5.74, 6) is 0.0150. The largest absolute Gasteiger partial charge is 0.485 e. The van der Waals surface area contributed by atoms with E-state index in [1.807, 2.05) is 0 Å². The van der Waals surface area contributed by atoms with Gasteiger partial charge in [0.1, 0.15) is 6.10 Å². The van der Waals surface area contributed by atoms with Crippen LogP contribution in [0, 0.1) is 5.82 Å². The third-order valence-electron chi connectivity index (χ3n) is 2.46. The lowest BCUT2D eigenvalue weighted by molar-refractivity contribution is 0.159. The summed E-state index contributed by atoms with van der Waals surface area (Å²) in [6.07, 6.45) is 2.14. The van der Waals surface area contributed by atoms with E-state index in [4.69, 9.17) is 4.74 Å². The Balaban J connectivity index is 2.09. The molecule has 1 unspecified atom stereocenters. The minimum absolute atomic E-state index is 0.0759. The summed E-state index contributed by atoms with van der Waals surface area (Å²) in [5.41, 5.74) is 0. The molecule has 0 aromatic heterocycles. The number of halogens is 2. The van der Waals surface area contributed by atoms with Gasteiger partial charge in [-0.05, 0) is 47.4 Å². The van der Waals surface area contributed by atoms with Crippen LogP contribution in [0.2, 0.25) is 0 Å². The van der Waals surface area contributed by atoms with Crippen LogP contribution in [0.5, 0.6) is 5.75 Å². The number of benzene rings is 1. The number of nitrogens with one attached hydrogen (secondary N) is 1. The fourth-order valence-electron chi connectivity index (χ4n) is 1.68. The molecule has 4 heteroatoms. The van der Waals surface area contributed by atoms with E-state index in [1.54, 1.807) is 12.1 Å². The summed E-state index contributed by atoms with van der Waals surface area (Å²) >= 11 is 3.29. The maximum atomic E-state index is 13.4. The van der Waals surface area contributed by atoms with Crippen molar-refractivity contribution in [3.63, 3.8) is 0 Å². The zero-order valence-electron chi connectivity index (χ0n) is 8.30. The van der Waals surface area contributed by atoms with Gasteiger partial charge in [0.15, 0.2) is 11.6 Å². The van der Waals surface area contributed by atoms with Crippen LogP contribution in [0.4, 0.5) is 4.39 Å². The fourth-order valence-corrected chi connectivity index (χ4v) is 2.12. The molecule has 2 rings (SSSR count). The van der Waals surface area contributed by atoms with Crippen molar-refractivity contribution in [2.75, 3.05) is 13.1 Å². The van der Waals surface area contributed by atoms with E-state index in [1.165, 1.54) is 6.07 Å². The molecule has 1 aliphatic heterocycles. The van der Waals surface area contributed by atoms with Gasteiger partial charge in [-0.1, -0.05) is 6.07 Å². The van der Waals surface area contributed by atoms with Crippen LogP contribution in [-0.2, 0) is 0 Å². The van der Waals surface area contributed by atoms with Crippen molar-refractivity contribution < 1.29 is 9.13 Å². The molecular weight excluding hydrogens is 261 g/mol. The first-order valence-electron chi connectivity index (χ1n) is 5.09. The van der Waals surface area contributed by atoms with Crippen LogP contribution >= 0.6 is 15.9 Å². The standard InChI is InChI=1S/C11H13BrFNO/c12-9-4-1-5-10(13)11(9)15-8-3-2-6-14-7-8/h1,4-5,8,14H,2-3,6-7H2. The summed E-state index contributed by atoms with van der Waals surface area (Å²) in [5, 5.41) is 3.23. The summed E-state index contributed by atoms with van der Waals surface area (Å²) in [6, 6.07) is 4.86. The zero-order valence-corrected chi connectivity index (χ0v) is 9.89. The average Bonchev–Trinajstić information content (AvgIpc) is 2.25. The van der Waals surface area contributed by atoms with Crippen molar-refractivity contribution in [2.45, 2.75) is 18.9 Å². The molecule has 15 heavy (non-hydrogen) atoms. The minimum atomic E-state index is -0.310. The second-order valence-corrected chi connectivity index (χ2v) is 4.49. The van der Waals surface area contributed by atoms with E-state index >= 15 is 0 Å². The Labute approximate surface area is 96.9 Å². The third kappa shape index (κ3) is 2.69. The van der Waals surface area contributed by atoms with Gasteiger partial charge in [-0.3, -0.25) is 0 Å². The number of piperidine rings is 1. The van der Waals surface area contributed by atoms with Crippen LogP contribution in [-0.4, -0.2) is 19.2 Å². The maximum absolute atomic E-state index is 13.4. The Morgan fingerprint density at radius 3 is 3.00 bits per heavy atom. The van der Waals surface area contributed by atoms with Crippen LogP contribution in [0.25, 0.3) is 0 Å². The smallest absolute Gasteiger partial charge is 0.169 e. The molecule has 1 aromatic carbocycles. The number of ether oxygens (including phenoxy) is 1. The Hall–Kier alpha value is -0.610. The van der Waals surface area contributed by atoms with Gasteiger partial charge in [-0.25, -0.2) is 4.39 Å². The first kappa shape index (κ1) is 10.9. The van der Waals surface area contributed by atoms with Gasteiger partial charge >= 0.3 is 0 Å².